The van der Waals surface area contributed by atoms with Gasteiger partial charge in [-0.05, 0) is 35.9 Å². The number of amides is 3. The van der Waals surface area contributed by atoms with Gasteiger partial charge in [0.15, 0.2) is 4.87 Å². The summed E-state index contributed by atoms with van der Waals surface area (Å²) in [4.78, 5) is 22.2. The molecule has 0 bridgehead atoms. The Labute approximate surface area is 201 Å². The Kier molecular flexibility index (Phi) is 7.19. The van der Waals surface area contributed by atoms with Crippen molar-refractivity contribution >= 4 is 52.0 Å². The second-order valence-electron chi connectivity index (χ2n) is 7.06. The van der Waals surface area contributed by atoms with Crippen molar-refractivity contribution in [2.75, 3.05) is 19.5 Å². The summed E-state index contributed by atoms with van der Waals surface area (Å²) in [5.74, 6) is -2.01. The first-order valence-corrected chi connectivity index (χ1v) is 10.5. The zero-order valence-corrected chi connectivity index (χ0v) is 19.4. The Balaban J connectivity index is 2.03. The van der Waals surface area contributed by atoms with E-state index in [1.54, 1.807) is 54.6 Å². The number of carbonyl (C=O) groups is 2. The van der Waals surface area contributed by atoms with Crippen LogP contribution in [-0.4, -0.2) is 46.9 Å². The lowest BCUT2D eigenvalue weighted by Crippen LogP contribution is -2.59. The molecule has 1 aliphatic rings. The van der Waals surface area contributed by atoms with E-state index >= 15 is 0 Å². The molecule has 5 N–H and O–H groups in total. The van der Waals surface area contributed by atoms with Crippen molar-refractivity contribution in [3.63, 3.8) is 0 Å². The van der Waals surface area contributed by atoms with Gasteiger partial charge >= 0.3 is 6.03 Å². The number of halogens is 1. The number of thiocarbonyl (C=S) groups is 1. The molecule has 0 saturated carbocycles. The lowest BCUT2D eigenvalue weighted by atomic mass is 9.86. The zero-order chi connectivity index (χ0) is 24.2. The summed E-state index contributed by atoms with van der Waals surface area (Å²) in [5.41, 5.74) is 7.10. The van der Waals surface area contributed by atoms with Crippen molar-refractivity contribution in [3.8, 4) is 5.75 Å². The first kappa shape index (κ1) is 24.4. The number of primary amides is 1. The number of ether oxygens (including phenoxy) is 2. The van der Waals surface area contributed by atoms with Crippen LogP contribution in [0.2, 0.25) is 0 Å². The summed E-state index contributed by atoms with van der Waals surface area (Å²) < 4.78 is 10.5. The van der Waals surface area contributed by atoms with Crippen molar-refractivity contribution in [2.24, 2.45) is 5.73 Å². The molecule has 0 saturated heterocycles. The molecule has 2 aromatic carbocycles. The van der Waals surface area contributed by atoms with Crippen LogP contribution in [-0.2, 0) is 4.74 Å². The average Bonchev–Trinajstić information content (AvgIpc) is 2.80. The highest BCUT2D eigenvalue weighted by Crippen LogP contribution is 2.42. The predicted molar refractivity (Wildman–Crippen MR) is 130 cm³/mol. The van der Waals surface area contributed by atoms with Gasteiger partial charge in [-0.1, -0.05) is 48.6 Å². The maximum absolute atomic E-state index is 12.9. The lowest BCUT2D eigenvalue weighted by Gasteiger charge is -2.40. The third kappa shape index (κ3) is 4.76. The molecule has 3 rings (SSSR count). The van der Waals surface area contributed by atoms with E-state index < -0.39 is 16.7 Å². The van der Waals surface area contributed by atoms with Gasteiger partial charge in [0.05, 0.1) is 12.7 Å². The third-order valence-electron chi connectivity index (χ3n) is 5.08. The van der Waals surface area contributed by atoms with E-state index in [0.717, 1.165) is 0 Å². The molecule has 0 fully saturated rings. The molecule has 2 unspecified atom stereocenters. The maximum Gasteiger partial charge on any atom is 0.317 e. The summed E-state index contributed by atoms with van der Waals surface area (Å²) in [6.45, 7) is 0. The minimum Gasteiger partial charge on any atom is -0.496 e. The molecule has 0 spiro atoms. The van der Waals surface area contributed by atoms with Crippen LogP contribution in [0.1, 0.15) is 15.9 Å². The van der Waals surface area contributed by atoms with Gasteiger partial charge < -0.3 is 30.9 Å². The molecule has 0 heterocycles. The van der Waals surface area contributed by atoms with Gasteiger partial charge in [0.1, 0.15) is 10.7 Å². The summed E-state index contributed by atoms with van der Waals surface area (Å²) in [6.07, 6.45) is 4.32. The minimum absolute atomic E-state index is 0.251. The molecular weight excluding hydrogens is 466 g/mol. The highest BCUT2D eigenvalue weighted by molar-refractivity contribution is 7.80. The van der Waals surface area contributed by atoms with E-state index in [1.807, 2.05) is 0 Å². The number of anilines is 1. The van der Waals surface area contributed by atoms with Crippen molar-refractivity contribution in [1.82, 2.24) is 5.32 Å². The molecule has 2 aromatic rings. The van der Waals surface area contributed by atoms with E-state index in [9.17, 15) is 14.7 Å². The van der Waals surface area contributed by atoms with E-state index in [0.29, 0.717) is 28.1 Å². The quantitative estimate of drug-likeness (QED) is 0.282. The van der Waals surface area contributed by atoms with E-state index in [4.69, 9.17) is 39.0 Å². The molecule has 8 nitrogen and oxygen atoms in total. The van der Waals surface area contributed by atoms with Crippen molar-refractivity contribution in [3.05, 3.63) is 77.9 Å². The number of hydrogen-bond donors (Lipinski definition) is 4. The molecule has 0 aliphatic heterocycles. The van der Waals surface area contributed by atoms with Gasteiger partial charge in [0, 0.05) is 18.4 Å². The molecule has 33 heavy (non-hydrogen) atoms. The van der Waals surface area contributed by atoms with Gasteiger partial charge in [-0.2, -0.15) is 0 Å². The fourth-order valence-electron chi connectivity index (χ4n) is 3.37. The topological polar surface area (TPSA) is 123 Å². The largest absolute Gasteiger partial charge is 0.496 e. The molecule has 3 amide bonds. The van der Waals surface area contributed by atoms with Crippen molar-refractivity contribution < 1.29 is 24.2 Å². The number of allylic oxidation sites excluding steroid dienone is 2. The smallest absolute Gasteiger partial charge is 0.317 e. The third-order valence-corrected chi connectivity index (χ3v) is 6.19. The van der Waals surface area contributed by atoms with Crippen LogP contribution in [0.3, 0.4) is 0 Å². The van der Waals surface area contributed by atoms with Gasteiger partial charge in [-0.25, -0.2) is 4.79 Å². The molecule has 0 radical (unpaired) electrons. The van der Waals surface area contributed by atoms with Crippen LogP contribution in [0.5, 0.6) is 5.75 Å². The Morgan fingerprint density at radius 3 is 2.45 bits per heavy atom. The number of urea groups is 1. The van der Waals surface area contributed by atoms with E-state index in [2.05, 4.69) is 10.6 Å². The van der Waals surface area contributed by atoms with Crippen LogP contribution < -0.4 is 21.1 Å². The van der Waals surface area contributed by atoms with Gasteiger partial charge in [-0.15, -0.1) is 11.6 Å². The number of nitrogens with one attached hydrogen (secondary N) is 2. The Hall–Kier alpha value is -3.24. The highest BCUT2D eigenvalue weighted by atomic mass is 35.5. The molecule has 172 valence electrons. The number of nitrogens with two attached hydrogens (primary N) is 1. The van der Waals surface area contributed by atoms with Crippen LogP contribution in [0, 0.1) is 0 Å². The molecule has 0 aromatic heterocycles. The minimum atomic E-state index is -2.06. The second kappa shape index (κ2) is 9.72. The summed E-state index contributed by atoms with van der Waals surface area (Å²) in [7, 11) is 2.73. The summed E-state index contributed by atoms with van der Waals surface area (Å²) in [6, 6.07) is 12.9. The number of rotatable bonds is 6. The molecule has 1 aliphatic carbocycles. The van der Waals surface area contributed by atoms with Crippen LogP contribution in [0.4, 0.5) is 10.5 Å². The lowest BCUT2D eigenvalue weighted by molar-refractivity contribution is -0.151. The molecule has 10 heteroatoms. The van der Waals surface area contributed by atoms with Crippen molar-refractivity contribution in [1.29, 1.82) is 0 Å². The number of hydrogen-bond acceptors (Lipinski definition) is 6. The van der Waals surface area contributed by atoms with Gasteiger partial charge in [0.25, 0.3) is 5.91 Å². The van der Waals surface area contributed by atoms with E-state index in [-0.39, 0.29) is 10.9 Å². The summed E-state index contributed by atoms with van der Waals surface area (Å²) in [5, 5.41) is 16.0. The van der Waals surface area contributed by atoms with Crippen molar-refractivity contribution in [2.45, 2.75) is 10.7 Å². The number of aliphatic hydroxyl groups is 1. The monoisotopic (exact) mass is 487 g/mol. The van der Waals surface area contributed by atoms with Crippen LogP contribution in [0.15, 0.2) is 66.8 Å². The van der Waals surface area contributed by atoms with Gasteiger partial charge in [-0.3, -0.25) is 4.79 Å². The Morgan fingerprint density at radius 1 is 1.12 bits per heavy atom. The SMILES string of the molecule is COc1ccccc1C(=O)Nc1ccccc1C1=CC(Cl)(C(=S)NC(N)=O)C(O)(OC)C=C1. The predicted octanol–water partition coefficient (Wildman–Crippen LogP) is 3.21. The standard InChI is InChI=1S/C23H22ClN3O5S/c1-31-18-10-6-4-8-16(18)19(28)26-17-9-5-3-7-15(17)14-11-12-23(30,32-2)22(24,13-14)20(33)27-21(25)29/h3-13,30H,1-2H3,(H,26,28)(H3,25,27,29,33). The maximum atomic E-state index is 12.9. The number of methoxy groups -OCH3 is 2. The zero-order valence-electron chi connectivity index (χ0n) is 17.8. The van der Waals surface area contributed by atoms with Crippen LogP contribution in [0.25, 0.3) is 5.57 Å². The second-order valence-corrected chi connectivity index (χ2v) is 8.07. The normalized spacial score (nSPS) is 21.6. The highest BCUT2D eigenvalue weighted by Gasteiger charge is 2.52. The van der Waals surface area contributed by atoms with Crippen LogP contribution >= 0.6 is 23.8 Å². The van der Waals surface area contributed by atoms with E-state index in [1.165, 1.54) is 26.4 Å². The fraction of sp³-hybridized carbons (Fsp3) is 0.174. The number of alkyl halides is 1. The number of carbonyl (C=O) groups excluding carboxylic acids is 2. The Morgan fingerprint density at radius 2 is 1.79 bits per heavy atom. The number of para-hydroxylation sites is 2. The molecule has 2 atom stereocenters. The first-order chi connectivity index (χ1) is 15.6. The van der Waals surface area contributed by atoms with Gasteiger partial charge in [0.2, 0.25) is 5.79 Å². The first-order valence-electron chi connectivity index (χ1n) is 9.68. The Bertz CT molecular complexity index is 1170. The average molecular weight is 488 g/mol. The molecular formula is C23H22ClN3O5S. The summed E-state index contributed by atoms with van der Waals surface area (Å²) >= 11 is 11.9. The fourth-order valence-corrected chi connectivity index (χ4v) is 3.98. The number of benzene rings is 2.